The number of halogens is 1. The van der Waals surface area contributed by atoms with Crippen LogP contribution >= 0.6 is 0 Å². The van der Waals surface area contributed by atoms with E-state index in [2.05, 4.69) is 4.74 Å². The highest BCUT2D eigenvalue weighted by Gasteiger charge is 2.23. The number of hydrogen-bond acceptors (Lipinski definition) is 3. The molecule has 116 valence electrons. The molecule has 0 aromatic heterocycles. The predicted molar refractivity (Wildman–Crippen MR) is 78.3 cm³/mol. The minimum absolute atomic E-state index is 0.243. The lowest BCUT2D eigenvalue weighted by molar-refractivity contribution is -0.145. The molecular weight excluding hydrogens is 273 g/mol. The number of rotatable bonds is 6. The molecule has 1 amide bonds. The number of amides is 1. The molecule has 0 spiro atoms. The van der Waals surface area contributed by atoms with Crippen LogP contribution in [0.25, 0.3) is 0 Å². The zero-order chi connectivity index (χ0) is 16.0. The zero-order valence-corrected chi connectivity index (χ0v) is 12.9. The van der Waals surface area contributed by atoms with Gasteiger partial charge in [0.2, 0.25) is 0 Å². The lowest BCUT2D eigenvalue weighted by atomic mass is 10.1. The number of hydrogen-bond donors (Lipinski definition) is 0. The van der Waals surface area contributed by atoms with Crippen LogP contribution in [0.3, 0.4) is 0 Å². The van der Waals surface area contributed by atoms with E-state index in [0.29, 0.717) is 6.54 Å². The Balaban J connectivity index is 2.91. The monoisotopic (exact) mass is 295 g/mol. The quantitative estimate of drug-likeness (QED) is 0.758. The fourth-order valence-corrected chi connectivity index (χ4v) is 2.09. The van der Waals surface area contributed by atoms with Crippen molar-refractivity contribution < 1.29 is 18.7 Å². The van der Waals surface area contributed by atoms with Crippen molar-refractivity contribution in [3.05, 3.63) is 35.6 Å². The first-order chi connectivity index (χ1) is 9.85. The summed E-state index contributed by atoms with van der Waals surface area (Å²) in [6.45, 7) is 6.41. The van der Waals surface area contributed by atoms with E-state index in [1.54, 1.807) is 17.9 Å². The Bertz CT molecular complexity index is 502. The highest BCUT2D eigenvalue weighted by atomic mass is 19.1. The van der Waals surface area contributed by atoms with Crippen LogP contribution in [0.15, 0.2) is 24.3 Å². The first-order valence-electron chi connectivity index (χ1n) is 6.97. The molecular formula is C16H22FNO3. The maximum atomic E-state index is 13.3. The van der Waals surface area contributed by atoms with Gasteiger partial charge in [-0.25, -0.2) is 4.39 Å². The van der Waals surface area contributed by atoms with Crippen LogP contribution in [0, 0.1) is 17.7 Å². The average Bonchev–Trinajstić information content (AvgIpc) is 2.44. The van der Waals surface area contributed by atoms with E-state index in [9.17, 15) is 14.0 Å². The van der Waals surface area contributed by atoms with Gasteiger partial charge in [-0.1, -0.05) is 26.8 Å². The summed E-state index contributed by atoms with van der Waals surface area (Å²) in [5, 5.41) is 0. The lowest BCUT2D eigenvalue weighted by Gasteiger charge is -2.26. The Morgan fingerprint density at radius 2 is 1.90 bits per heavy atom. The van der Waals surface area contributed by atoms with Crippen LogP contribution in [0.5, 0.6) is 0 Å². The van der Waals surface area contributed by atoms with E-state index in [-0.39, 0.29) is 29.9 Å². The molecule has 1 aromatic rings. The van der Waals surface area contributed by atoms with Crippen LogP contribution in [0.4, 0.5) is 4.39 Å². The van der Waals surface area contributed by atoms with Crippen LogP contribution in [-0.4, -0.2) is 37.0 Å². The SMILES string of the molecule is COC(=O)C(C)CN(CC(C)C)C(=O)c1cccc(F)c1. The Kier molecular flexibility index (Phi) is 6.34. The largest absolute Gasteiger partial charge is 0.469 e. The molecule has 1 atom stereocenters. The zero-order valence-electron chi connectivity index (χ0n) is 12.9. The molecule has 0 saturated carbocycles. The molecule has 0 bridgehead atoms. The van der Waals surface area contributed by atoms with E-state index in [1.165, 1.54) is 25.3 Å². The summed E-state index contributed by atoms with van der Waals surface area (Å²) in [7, 11) is 1.32. The van der Waals surface area contributed by atoms with Crippen molar-refractivity contribution in [3.8, 4) is 0 Å². The van der Waals surface area contributed by atoms with Gasteiger partial charge < -0.3 is 9.64 Å². The Morgan fingerprint density at radius 1 is 1.24 bits per heavy atom. The van der Waals surface area contributed by atoms with Gasteiger partial charge in [0.1, 0.15) is 5.82 Å². The third-order valence-electron chi connectivity index (χ3n) is 3.04. The summed E-state index contributed by atoms with van der Waals surface area (Å²) >= 11 is 0. The molecule has 0 saturated heterocycles. The average molecular weight is 295 g/mol. The molecule has 0 radical (unpaired) electrons. The van der Waals surface area contributed by atoms with Crippen LogP contribution in [-0.2, 0) is 9.53 Å². The fraction of sp³-hybridized carbons (Fsp3) is 0.500. The maximum Gasteiger partial charge on any atom is 0.310 e. The van der Waals surface area contributed by atoms with Gasteiger partial charge in [-0.15, -0.1) is 0 Å². The molecule has 21 heavy (non-hydrogen) atoms. The first-order valence-corrected chi connectivity index (χ1v) is 6.97. The minimum atomic E-state index is -0.452. The van der Waals surface area contributed by atoms with Gasteiger partial charge in [0.25, 0.3) is 5.91 Å². The number of carbonyl (C=O) groups is 2. The second-order valence-corrected chi connectivity index (χ2v) is 5.54. The first kappa shape index (κ1) is 17.1. The van der Waals surface area contributed by atoms with Gasteiger partial charge in [-0.05, 0) is 24.1 Å². The van der Waals surface area contributed by atoms with Crippen molar-refractivity contribution >= 4 is 11.9 Å². The summed E-state index contributed by atoms with van der Waals surface area (Å²) in [6, 6.07) is 5.57. The van der Waals surface area contributed by atoms with Crippen molar-refractivity contribution in [1.82, 2.24) is 4.90 Å². The van der Waals surface area contributed by atoms with E-state index >= 15 is 0 Å². The molecule has 0 aliphatic carbocycles. The van der Waals surface area contributed by atoms with Crippen molar-refractivity contribution in [3.63, 3.8) is 0 Å². The molecule has 0 aliphatic rings. The summed E-state index contributed by atoms with van der Waals surface area (Å²) in [5.41, 5.74) is 0.285. The number of nitrogens with zero attached hydrogens (tertiary/aromatic N) is 1. The number of benzene rings is 1. The fourth-order valence-electron chi connectivity index (χ4n) is 2.09. The molecule has 0 heterocycles. The van der Waals surface area contributed by atoms with Crippen molar-refractivity contribution in [1.29, 1.82) is 0 Å². The molecule has 5 heteroatoms. The third-order valence-corrected chi connectivity index (χ3v) is 3.04. The molecule has 1 rings (SSSR count). The van der Waals surface area contributed by atoms with E-state index in [1.807, 2.05) is 13.8 Å². The second kappa shape index (κ2) is 7.76. The second-order valence-electron chi connectivity index (χ2n) is 5.54. The Hall–Kier alpha value is -1.91. The van der Waals surface area contributed by atoms with Crippen LogP contribution in [0.1, 0.15) is 31.1 Å². The van der Waals surface area contributed by atoms with Gasteiger partial charge >= 0.3 is 5.97 Å². The Morgan fingerprint density at radius 3 is 2.43 bits per heavy atom. The molecule has 4 nitrogen and oxygen atoms in total. The molecule has 0 N–H and O–H groups in total. The van der Waals surface area contributed by atoms with Gasteiger partial charge in [-0.3, -0.25) is 9.59 Å². The third kappa shape index (κ3) is 5.17. The van der Waals surface area contributed by atoms with E-state index < -0.39 is 11.7 Å². The molecule has 0 fully saturated rings. The van der Waals surface area contributed by atoms with Gasteiger partial charge in [0, 0.05) is 18.7 Å². The minimum Gasteiger partial charge on any atom is -0.469 e. The number of carbonyl (C=O) groups excluding carboxylic acids is 2. The molecule has 1 aromatic carbocycles. The van der Waals surface area contributed by atoms with Crippen molar-refractivity contribution in [2.45, 2.75) is 20.8 Å². The van der Waals surface area contributed by atoms with Crippen molar-refractivity contribution in [2.75, 3.05) is 20.2 Å². The number of esters is 1. The number of ether oxygens (including phenoxy) is 1. The maximum absolute atomic E-state index is 13.3. The summed E-state index contributed by atoms with van der Waals surface area (Å²) in [4.78, 5) is 25.6. The van der Waals surface area contributed by atoms with Gasteiger partial charge in [0.05, 0.1) is 13.0 Å². The highest BCUT2D eigenvalue weighted by molar-refractivity contribution is 5.94. The van der Waals surface area contributed by atoms with Gasteiger partial charge in [-0.2, -0.15) is 0 Å². The summed E-state index contributed by atoms with van der Waals surface area (Å²) in [5.74, 6) is -1.28. The topological polar surface area (TPSA) is 46.6 Å². The predicted octanol–water partition coefficient (Wildman–Crippen LogP) is 2.73. The molecule has 1 unspecified atom stereocenters. The van der Waals surface area contributed by atoms with E-state index in [0.717, 1.165) is 0 Å². The van der Waals surface area contributed by atoms with E-state index in [4.69, 9.17) is 0 Å². The van der Waals surface area contributed by atoms with Gasteiger partial charge in [0.15, 0.2) is 0 Å². The van der Waals surface area contributed by atoms with Crippen LogP contribution < -0.4 is 0 Å². The van der Waals surface area contributed by atoms with Crippen molar-refractivity contribution in [2.24, 2.45) is 11.8 Å². The van der Waals surface area contributed by atoms with Crippen LogP contribution in [0.2, 0.25) is 0 Å². The highest BCUT2D eigenvalue weighted by Crippen LogP contribution is 2.12. The molecule has 0 aliphatic heterocycles. The standard InChI is InChI=1S/C16H22FNO3/c1-11(2)9-18(10-12(3)16(20)21-4)15(19)13-6-5-7-14(17)8-13/h5-8,11-12H,9-10H2,1-4H3. The lowest BCUT2D eigenvalue weighted by Crippen LogP contribution is -2.39. The number of methoxy groups -OCH3 is 1. The summed E-state index contributed by atoms with van der Waals surface area (Å²) in [6.07, 6.45) is 0. The normalized spacial score (nSPS) is 12.1. The Labute approximate surface area is 124 Å². The summed E-state index contributed by atoms with van der Waals surface area (Å²) < 4.78 is 17.9. The smallest absolute Gasteiger partial charge is 0.310 e.